The predicted molar refractivity (Wildman–Crippen MR) is 76.5 cm³/mol. The Morgan fingerprint density at radius 3 is 2.74 bits per heavy atom. The van der Waals surface area contributed by atoms with Gasteiger partial charge in [-0.1, -0.05) is 0 Å². The van der Waals surface area contributed by atoms with Crippen LogP contribution in [0.4, 0.5) is 18.9 Å². The van der Waals surface area contributed by atoms with Crippen molar-refractivity contribution in [2.24, 2.45) is 0 Å². The van der Waals surface area contributed by atoms with E-state index in [1.54, 1.807) is 35.1 Å². The van der Waals surface area contributed by atoms with Crippen molar-refractivity contribution in [1.82, 2.24) is 14.6 Å². The molecular weight excluding hydrogens is 307 g/mol. The van der Waals surface area contributed by atoms with E-state index in [1.807, 2.05) is 0 Å². The maximum Gasteiger partial charge on any atom is 0.416 e. The van der Waals surface area contributed by atoms with Crippen molar-refractivity contribution in [2.45, 2.75) is 12.7 Å². The van der Waals surface area contributed by atoms with Gasteiger partial charge in [0.2, 0.25) is 0 Å². The number of alkyl halides is 3. The van der Waals surface area contributed by atoms with E-state index in [4.69, 9.17) is 5.26 Å². The van der Waals surface area contributed by atoms with E-state index in [-0.39, 0.29) is 5.56 Å². The maximum absolute atomic E-state index is 12.7. The molecule has 0 atom stereocenters. The van der Waals surface area contributed by atoms with Crippen LogP contribution in [0, 0.1) is 11.3 Å². The molecule has 0 fully saturated rings. The molecule has 0 radical (unpaired) electrons. The van der Waals surface area contributed by atoms with Crippen molar-refractivity contribution in [3.05, 3.63) is 59.5 Å². The van der Waals surface area contributed by atoms with Crippen LogP contribution in [-0.4, -0.2) is 14.6 Å². The average molecular weight is 317 g/mol. The third-order valence-corrected chi connectivity index (χ3v) is 3.30. The Balaban J connectivity index is 1.86. The molecule has 2 aromatic heterocycles. The summed E-state index contributed by atoms with van der Waals surface area (Å²) in [5.74, 6) is 0. The van der Waals surface area contributed by atoms with Crippen molar-refractivity contribution in [2.75, 3.05) is 5.32 Å². The Hall–Kier alpha value is -3.08. The predicted octanol–water partition coefficient (Wildman–Crippen LogP) is 3.23. The number of nitrogens with zero attached hydrogens (tertiary/aromatic N) is 4. The number of anilines is 1. The lowest BCUT2D eigenvalue weighted by molar-refractivity contribution is -0.137. The summed E-state index contributed by atoms with van der Waals surface area (Å²) in [6.07, 6.45) is -1.26. The molecule has 0 bridgehead atoms. The molecule has 8 heteroatoms. The van der Waals surface area contributed by atoms with E-state index in [0.29, 0.717) is 17.9 Å². The molecule has 3 aromatic rings. The fourth-order valence-electron chi connectivity index (χ4n) is 2.17. The van der Waals surface area contributed by atoms with Crippen LogP contribution in [0.25, 0.3) is 5.65 Å². The minimum atomic E-state index is -4.48. The number of nitriles is 1. The molecule has 23 heavy (non-hydrogen) atoms. The minimum Gasteiger partial charge on any atom is -0.378 e. The molecule has 0 aliphatic rings. The standard InChI is InChI=1S/C15H10F3N5/c16-15(17,18)11-1-2-13(10(7-11)8-19)21-9-12-3-5-20-14-4-6-22-23(12)14/h1-7,21H,9H2. The van der Waals surface area contributed by atoms with Gasteiger partial charge in [-0.3, -0.25) is 0 Å². The highest BCUT2D eigenvalue weighted by Gasteiger charge is 2.31. The number of aromatic nitrogens is 3. The average Bonchev–Trinajstić information content (AvgIpc) is 3.01. The Bertz CT molecular complexity index is 892. The summed E-state index contributed by atoms with van der Waals surface area (Å²) in [5.41, 5.74) is 0.849. The molecule has 0 spiro atoms. The normalized spacial score (nSPS) is 11.4. The Morgan fingerprint density at radius 1 is 1.17 bits per heavy atom. The first-order valence-corrected chi connectivity index (χ1v) is 6.62. The quantitative estimate of drug-likeness (QED) is 0.805. The van der Waals surface area contributed by atoms with Crippen LogP contribution in [0.3, 0.4) is 0 Å². The van der Waals surface area contributed by atoms with E-state index < -0.39 is 11.7 Å². The van der Waals surface area contributed by atoms with E-state index >= 15 is 0 Å². The number of nitrogens with one attached hydrogen (secondary N) is 1. The van der Waals surface area contributed by atoms with Crippen molar-refractivity contribution in [3.8, 4) is 6.07 Å². The summed E-state index contributed by atoms with van der Waals surface area (Å²) < 4.78 is 39.6. The molecular formula is C15H10F3N5. The zero-order chi connectivity index (χ0) is 16.4. The number of halogens is 3. The fourth-order valence-corrected chi connectivity index (χ4v) is 2.17. The molecule has 5 nitrogen and oxygen atoms in total. The van der Waals surface area contributed by atoms with Crippen LogP contribution in [-0.2, 0) is 12.7 Å². The number of rotatable bonds is 3. The fraction of sp³-hybridized carbons (Fsp3) is 0.133. The van der Waals surface area contributed by atoms with Gasteiger partial charge in [0.15, 0.2) is 5.65 Å². The zero-order valence-electron chi connectivity index (χ0n) is 11.7. The first-order valence-electron chi connectivity index (χ1n) is 6.62. The van der Waals surface area contributed by atoms with Crippen molar-refractivity contribution >= 4 is 11.3 Å². The van der Waals surface area contributed by atoms with Gasteiger partial charge in [0, 0.05) is 12.3 Å². The Kier molecular flexibility index (Phi) is 3.62. The van der Waals surface area contributed by atoms with Gasteiger partial charge in [-0.25, -0.2) is 9.50 Å². The molecule has 0 aliphatic carbocycles. The molecule has 0 saturated heterocycles. The molecule has 116 valence electrons. The van der Waals surface area contributed by atoms with Crippen LogP contribution in [0.1, 0.15) is 16.8 Å². The van der Waals surface area contributed by atoms with Crippen molar-refractivity contribution in [1.29, 1.82) is 5.26 Å². The molecule has 3 rings (SSSR count). The van der Waals surface area contributed by atoms with Gasteiger partial charge < -0.3 is 5.32 Å². The molecule has 0 amide bonds. The third kappa shape index (κ3) is 2.94. The Labute approximate surface area is 129 Å². The van der Waals surface area contributed by atoms with Gasteiger partial charge in [-0.2, -0.15) is 23.5 Å². The van der Waals surface area contributed by atoms with Crippen molar-refractivity contribution < 1.29 is 13.2 Å². The highest BCUT2D eigenvalue weighted by atomic mass is 19.4. The molecule has 1 aromatic carbocycles. The Morgan fingerprint density at radius 2 is 2.00 bits per heavy atom. The first-order chi connectivity index (χ1) is 11.0. The smallest absolute Gasteiger partial charge is 0.378 e. The first kappa shape index (κ1) is 14.8. The largest absolute Gasteiger partial charge is 0.416 e. The molecule has 0 unspecified atom stereocenters. The monoisotopic (exact) mass is 317 g/mol. The second kappa shape index (κ2) is 5.61. The van der Waals surface area contributed by atoms with Crippen LogP contribution < -0.4 is 5.32 Å². The molecule has 2 heterocycles. The van der Waals surface area contributed by atoms with Crippen molar-refractivity contribution in [3.63, 3.8) is 0 Å². The zero-order valence-corrected chi connectivity index (χ0v) is 11.7. The van der Waals surface area contributed by atoms with Gasteiger partial charge in [-0.05, 0) is 24.3 Å². The van der Waals surface area contributed by atoms with Gasteiger partial charge in [0.25, 0.3) is 0 Å². The summed E-state index contributed by atoms with van der Waals surface area (Å²) in [7, 11) is 0. The molecule has 0 saturated carbocycles. The third-order valence-electron chi connectivity index (χ3n) is 3.30. The number of benzene rings is 1. The summed E-state index contributed by atoms with van der Waals surface area (Å²) in [4.78, 5) is 4.12. The van der Waals surface area contributed by atoms with Gasteiger partial charge in [-0.15, -0.1) is 0 Å². The SMILES string of the molecule is N#Cc1cc(C(F)(F)F)ccc1NCc1ccnc2ccnn12. The van der Waals surface area contributed by atoms with Gasteiger partial charge in [0.05, 0.1) is 35.2 Å². The lowest BCUT2D eigenvalue weighted by Gasteiger charge is -2.12. The lowest BCUT2D eigenvalue weighted by atomic mass is 10.1. The second-order valence-corrected chi connectivity index (χ2v) is 4.76. The maximum atomic E-state index is 12.7. The second-order valence-electron chi connectivity index (χ2n) is 4.76. The number of hydrogen-bond donors (Lipinski definition) is 1. The van der Waals surface area contributed by atoms with Crippen LogP contribution in [0.15, 0.2) is 42.7 Å². The summed E-state index contributed by atoms with van der Waals surface area (Å²) in [6.45, 7) is 0.292. The highest BCUT2D eigenvalue weighted by Crippen LogP contribution is 2.31. The van der Waals surface area contributed by atoms with E-state index in [1.165, 1.54) is 6.07 Å². The number of hydrogen-bond acceptors (Lipinski definition) is 4. The molecule has 0 aliphatic heterocycles. The summed E-state index contributed by atoms with van der Waals surface area (Å²) >= 11 is 0. The lowest BCUT2D eigenvalue weighted by Crippen LogP contribution is -2.09. The van der Waals surface area contributed by atoms with Gasteiger partial charge >= 0.3 is 6.18 Å². The van der Waals surface area contributed by atoms with E-state index in [0.717, 1.165) is 17.8 Å². The van der Waals surface area contributed by atoms with Crippen LogP contribution >= 0.6 is 0 Å². The topological polar surface area (TPSA) is 66.0 Å². The van der Waals surface area contributed by atoms with Crippen LogP contribution in [0.5, 0.6) is 0 Å². The number of fused-ring (bicyclic) bond motifs is 1. The van der Waals surface area contributed by atoms with E-state index in [2.05, 4.69) is 15.4 Å². The van der Waals surface area contributed by atoms with Gasteiger partial charge in [0.1, 0.15) is 6.07 Å². The summed E-state index contributed by atoms with van der Waals surface area (Å²) in [6, 6.07) is 8.29. The van der Waals surface area contributed by atoms with Crippen LogP contribution in [0.2, 0.25) is 0 Å². The minimum absolute atomic E-state index is 0.0643. The highest BCUT2D eigenvalue weighted by molar-refractivity contribution is 5.59. The van der Waals surface area contributed by atoms with E-state index in [9.17, 15) is 13.2 Å². The molecule has 1 N–H and O–H groups in total. The summed E-state index contributed by atoms with van der Waals surface area (Å²) in [5, 5.41) is 16.1.